The third-order valence-electron chi connectivity index (χ3n) is 4.34. The van der Waals surface area contributed by atoms with Crippen LogP contribution >= 0.6 is 0 Å². The van der Waals surface area contributed by atoms with Gasteiger partial charge in [-0.2, -0.15) is 0 Å². The smallest absolute Gasteiger partial charge is 0.274 e. The molecule has 5 heteroatoms. The van der Waals surface area contributed by atoms with Crippen LogP contribution in [0.5, 0.6) is 0 Å². The Morgan fingerprint density at radius 2 is 1.38 bits per heavy atom. The summed E-state index contributed by atoms with van der Waals surface area (Å²) in [6.45, 7) is 0.603. The number of benzene rings is 3. The minimum absolute atomic E-state index is 0.279. The molecule has 0 unspecified atom stereocenters. The number of carbonyl (C=O) groups excluding carboxylic acids is 1. The van der Waals surface area contributed by atoms with Crippen molar-refractivity contribution < 1.29 is 4.79 Å². The lowest BCUT2D eigenvalue weighted by atomic mass is 10.2. The second-order valence-electron chi connectivity index (χ2n) is 6.49. The molecule has 0 aliphatic heterocycles. The maximum atomic E-state index is 12.8. The third-order valence-corrected chi connectivity index (χ3v) is 4.34. The van der Waals surface area contributed by atoms with Gasteiger partial charge in [-0.3, -0.25) is 4.79 Å². The summed E-state index contributed by atoms with van der Waals surface area (Å²) in [5.41, 5.74) is 3.00. The molecule has 0 radical (unpaired) electrons. The summed E-state index contributed by atoms with van der Waals surface area (Å²) in [6, 6.07) is 30.7. The molecular formula is C24H20N4O. The Kier molecular flexibility index (Phi) is 5.58. The lowest BCUT2D eigenvalue weighted by molar-refractivity contribution is 0.102. The fourth-order valence-corrected chi connectivity index (χ4v) is 2.88. The summed E-state index contributed by atoms with van der Waals surface area (Å²) in [6.07, 6.45) is 0. The van der Waals surface area contributed by atoms with E-state index in [1.54, 1.807) is 6.07 Å². The van der Waals surface area contributed by atoms with E-state index in [-0.39, 0.29) is 5.91 Å². The molecule has 29 heavy (non-hydrogen) atoms. The number of anilines is 2. The molecule has 5 nitrogen and oxygen atoms in total. The van der Waals surface area contributed by atoms with Crippen LogP contribution in [-0.2, 0) is 6.54 Å². The van der Waals surface area contributed by atoms with Crippen LogP contribution in [0.1, 0.15) is 16.1 Å². The Balaban J connectivity index is 1.63. The molecule has 0 spiro atoms. The normalized spacial score (nSPS) is 10.3. The van der Waals surface area contributed by atoms with Crippen molar-refractivity contribution >= 4 is 17.4 Å². The van der Waals surface area contributed by atoms with Crippen LogP contribution in [0.2, 0.25) is 0 Å². The summed E-state index contributed by atoms with van der Waals surface area (Å²) in [5, 5.41) is 6.18. The summed E-state index contributed by atoms with van der Waals surface area (Å²) in [7, 11) is 0. The number of nitrogens with zero attached hydrogens (tertiary/aromatic N) is 2. The van der Waals surface area contributed by atoms with E-state index in [0.717, 1.165) is 16.8 Å². The van der Waals surface area contributed by atoms with E-state index in [1.165, 1.54) is 0 Å². The van der Waals surface area contributed by atoms with Crippen LogP contribution in [-0.4, -0.2) is 15.9 Å². The van der Waals surface area contributed by atoms with Gasteiger partial charge in [-0.05, 0) is 17.7 Å². The number of hydrogen-bond donors (Lipinski definition) is 2. The molecule has 4 aromatic rings. The Morgan fingerprint density at radius 1 is 0.759 bits per heavy atom. The summed E-state index contributed by atoms with van der Waals surface area (Å²) >= 11 is 0. The number of aromatic nitrogens is 2. The average Bonchev–Trinajstić information content (AvgIpc) is 2.79. The molecule has 0 aliphatic carbocycles. The van der Waals surface area contributed by atoms with Gasteiger partial charge in [0.15, 0.2) is 5.82 Å². The molecule has 1 amide bonds. The van der Waals surface area contributed by atoms with Gasteiger partial charge in [-0.15, -0.1) is 0 Å². The summed E-state index contributed by atoms with van der Waals surface area (Å²) in [4.78, 5) is 21.9. The average molecular weight is 380 g/mol. The quantitative estimate of drug-likeness (QED) is 0.493. The predicted molar refractivity (Wildman–Crippen MR) is 116 cm³/mol. The second kappa shape index (κ2) is 8.80. The van der Waals surface area contributed by atoms with E-state index in [4.69, 9.17) is 0 Å². The highest BCUT2D eigenvalue weighted by atomic mass is 16.1. The Hall–Kier alpha value is -3.99. The molecule has 1 aromatic heterocycles. The van der Waals surface area contributed by atoms with E-state index < -0.39 is 0 Å². The third kappa shape index (κ3) is 4.84. The Bertz CT molecular complexity index is 1080. The zero-order valence-electron chi connectivity index (χ0n) is 15.7. The highest BCUT2D eigenvalue weighted by molar-refractivity contribution is 6.03. The van der Waals surface area contributed by atoms with Crippen molar-refractivity contribution in [2.75, 3.05) is 10.6 Å². The lowest BCUT2D eigenvalue weighted by Gasteiger charge is -2.11. The maximum absolute atomic E-state index is 12.8. The molecule has 0 fully saturated rings. The van der Waals surface area contributed by atoms with Gasteiger partial charge in [-0.1, -0.05) is 78.9 Å². The van der Waals surface area contributed by atoms with Gasteiger partial charge in [0.2, 0.25) is 0 Å². The van der Waals surface area contributed by atoms with Crippen LogP contribution < -0.4 is 10.6 Å². The fourth-order valence-electron chi connectivity index (χ4n) is 2.88. The maximum Gasteiger partial charge on any atom is 0.274 e. The van der Waals surface area contributed by atoms with E-state index in [1.807, 2.05) is 91.0 Å². The Morgan fingerprint density at radius 3 is 2.07 bits per heavy atom. The van der Waals surface area contributed by atoms with Gasteiger partial charge >= 0.3 is 0 Å². The second-order valence-corrected chi connectivity index (χ2v) is 6.49. The van der Waals surface area contributed by atoms with Crippen LogP contribution in [0.15, 0.2) is 97.1 Å². The molecule has 0 saturated carbocycles. The van der Waals surface area contributed by atoms with Crippen molar-refractivity contribution in [3.05, 3.63) is 108 Å². The molecule has 1 heterocycles. The largest absolute Gasteiger partial charge is 0.366 e. The van der Waals surface area contributed by atoms with Crippen molar-refractivity contribution in [1.82, 2.24) is 9.97 Å². The van der Waals surface area contributed by atoms with Gasteiger partial charge in [0, 0.05) is 23.9 Å². The first-order chi connectivity index (χ1) is 14.3. The minimum Gasteiger partial charge on any atom is -0.366 e. The van der Waals surface area contributed by atoms with Crippen molar-refractivity contribution in [1.29, 1.82) is 0 Å². The van der Waals surface area contributed by atoms with Gasteiger partial charge in [0.05, 0.1) is 0 Å². The first-order valence-electron chi connectivity index (χ1n) is 9.37. The molecule has 2 N–H and O–H groups in total. The van der Waals surface area contributed by atoms with E-state index in [9.17, 15) is 4.79 Å². The molecule has 0 aliphatic rings. The predicted octanol–water partition coefficient (Wildman–Crippen LogP) is 5.01. The Labute approximate surface area is 169 Å². The monoisotopic (exact) mass is 380 g/mol. The number of hydrogen-bond acceptors (Lipinski definition) is 4. The van der Waals surface area contributed by atoms with Gasteiger partial charge in [0.25, 0.3) is 5.91 Å². The molecule has 142 valence electrons. The van der Waals surface area contributed by atoms with E-state index in [2.05, 4.69) is 20.6 Å². The number of rotatable bonds is 6. The van der Waals surface area contributed by atoms with E-state index in [0.29, 0.717) is 23.9 Å². The molecule has 3 aromatic carbocycles. The zero-order valence-corrected chi connectivity index (χ0v) is 15.7. The van der Waals surface area contributed by atoms with Gasteiger partial charge < -0.3 is 10.6 Å². The molecule has 4 rings (SSSR count). The molecule has 0 bridgehead atoms. The summed E-state index contributed by atoms with van der Waals surface area (Å²) < 4.78 is 0. The molecule has 0 atom stereocenters. The number of nitrogens with one attached hydrogen (secondary N) is 2. The topological polar surface area (TPSA) is 66.9 Å². The zero-order chi connectivity index (χ0) is 19.9. The molecular weight excluding hydrogens is 360 g/mol. The highest BCUT2D eigenvalue weighted by Crippen LogP contribution is 2.19. The molecule has 0 saturated heterocycles. The lowest BCUT2D eigenvalue weighted by Crippen LogP contribution is -2.15. The van der Waals surface area contributed by atoms with E-state index >= 15 is 0 Å². The van der Waals surface area contributed by atoms with Crippen molar-refractivity contribution in [2.24, 2.45) is 0 Å². The fraction of sp³-hybridized carbons (Fsp3) is 0.0417. The van der Waals surface area contributed by atoms with Crippen LogP contribution in [0.25, 0.3) is 11.4 Å². The number of carbonyl (C=O) groups is 1. The minimum atomic E-state index is -0.279. The first-order valence-corrected chi connectivity index (χ1v) is 9.37. The standard InChI is InChI=1S/C24H20N4O/c29-24(26-20-14-8-3-9-15-20)21-16-22(25-17-18-10-4-1-5-11-18)28-23(27-21)19-12-6-2-7-13-19/h1-16H,17H2,(H,26,29)(H,25,27,28). The van der Waals surface area contributed by atoms with Crippen LogP contribution in [0.3, 0.4) is 0 Å². The van der Waals surface area contributed by atoms with Gasteiger partial charge in [-0.25, -0.2) is 9.97 Å². The number of amides is 1. The summed E-state index contributed by atoms with van der Waals surface area (Å²) in [5.74, 6) is 0.821. The van der Waals surface area contributed by atoms with Gasteiger partial charge in [0.1, 0.15) is 11.5 Å². The van der Waals surface area contributed by atoms with Crippen molar-refractivity contribution in [3.8, 4) is 11.4 Å². The van der Waals surface area contributed by atoms with Crippen LogP contribution in [0, 0.1) is 0 Å². The number of para-hydroxylation sites is 1. The van der Waals surface area contributed by atoms with Crippen molar-refractivity contribution in [3.63, 3.8) is 0 Å². The van der Waals surface area contributed by atoms with Crippen molar-refractivity contribution in [2.45, 2.75) is 6.54 Å². The SMILES string of the molecule is O=C(Nc1ccccc1)c1cc(NCc2ccccc2)nc(-c2ccccc2)n1. The highest BCUT2D eigenvalue weighted by Gasteiger charge is 2.13. The van der Waals surface area contributed by atoms with Crippen LogP contribution in [0.4, 0.5) is 11.5 Å². The first kappa shape index (κ1) is 18.4.